The van der Waals surface area contributed by atoms with Crippen LogP contribution in [-0.4, -0.2) is 21.8 Å². The van der Waals surface area contributed by atoms with Crippen molar-refractivity contribution >= 4 is 39.9 Å². The summed E-state index contributed by atoms with van der Waals surface area (Å²) in [5.74, 6) is -0.610. The molecule has 142 valence electrons. The number of amides is 2. The average molecular weight is 413 g/mol. The number of rotatable bonds is 5. The maximum absolute atomic E-state index is 12.6. The van der Waals surface area contributed by atoms with Gasteiger partial charge in [0.1, 0.15) is 0 Å². The highest BCUT2D eigenvalue weighted by Crippen LogP contribution is 2.38. The van der Waals surface area contributed by atoms with Crippen LogP contribution in [0.15, 0.2) is 48.7 Å². The lowest BCUT2D eigenvalue weighted by Crippen LogP contribution is -2.28. The highest BCUT2D eigenvalue weighted by atomic mass is 35.5. The summed E-state index contributed by atoms with van der Waals surface area (Å²) in [5.41, 5.74) is 2.07. The molecule has 0 bridgehead atoms. The van der Waals surface area contributed by atoms with Crippen LogP contribution in [-0.2, 0) is 17.8 Å². The monoisotopic (exact) mass is 412 g/mol. The van der Waals surface area contributed by atoms with E-state index in [1.807, 2.05) is 18.2 Å². The van der Waals surface area contributed by atoms with Crippen molar-refractivity contribution in [1.82, 2.24) is 15.3 Å². The number of thiazole rings is 1. The van der Waals surface area contributed by atoms with Gasteiger partial charge in [0.25, 0.3) is 5.91 Å². The Kier molecular flexibility index (Phi) is 5.36. The van der Waals surface area contributed by atoms with Gasteiger partial charge in [0.05, 0.1) is 23.9 Å². The molecule has 2 amide bonds. The van der Waals surface area contributed by atoms with Gasteiger partial charge in [-0.15, -0.1) is 11.3 Å². The van der Waals surface area contributed by atoms with E-state index in [1.165, 1.54) is 11.3 Å². The number of pyridine rings is 1. The number of benzene rings is 1. The number of anilines is 1. The number of nitrogens with one attached hydrogen (secondary N) is 2. The van der Waals surface area contributed by atoms with Crippen LogP contribution in [0.25, 0.3) is 0 Å². The molecular weight excluding hydrogens is 396 g/mol. The van der Waals surface area contributed by atoms with Crippen LogP contribution in [0, 0.1) is 0 Å². The Morgan fingerprint density at radius 3 is 2.75 bits per heavy atom. The minimum absolute atomic E-state index is 0.0646. The van der Waals surface area contributed by atoms with Gasteiger partial charge in [-0.3, -0.25) is 19.9 Å². The van der Waals surface area contributed by atoms with Crippen molar-refractivity contribution in [1.29, 1.82) is 0 Å². The number of fused-ring (bicyclic) bond motifs is 1. The second-order valence-electron chi connectivity index (χ2n) is 6.42. The van der Waals surface area contributed by atoms with Gasteiger partial charge in [0.2, 0.25) is 5.91 Å². The molecule has 28 heavy (non-hydrogen) atoms. The molecule has 0 radical (unpaired) electrons. The lowest BCUT2D eigenvalue weighted by atomic mass is 10.1. The number of hydrogen-bond acceptors (Lipinski definition) is 5. The largest absolute Gasteiger partial charge is 0.350 e. The van der Waals surface area contributed by atoms with E-state index in [9.17, 15) is 9.59 Å². The van der Waals surface area contributed by atoms with Crippen LogP contribution >= 0.6 is 22.9 Å². The minimum Gasteiger partial charge on any atom is -0.350 e. The molecule has 4 rings (SSSR count). The summed E-state index contributed by atoms with van der Waals surface area (Å²) >= 11 is 7.28. The Morgan fingerprint density at radius 2 is 2.00 bits per heavy atom. The first-order valence-electron chi connectivity index (χ1n) is 8.84. The highest BCUT2D eigenvalue weighted by Gasteiger charge is 2.32. The molecular formula is C20H17ClN4O2S. The van der Waals surface area contributed by atoms with Crippen molar-refractivity contribution in [2.24, 2.45) is 0 Å². The lowest BCUT2D eigenvalue weighted by Gasteiger charge is -2.10. The predicted molar refractivity (Wildman–Crippen MR) is 109 cm³/mol. The normalized spacial score (nSPS) is 15.1. The van der Waals surface area contributed by atoms with Gasteiger partial charge >= 0.3 is 0 Å². The quantitative estimate of drug-likeness (QED) is 0.667. The SMILES string of the molecule is O=C(Nc1nc2c(s1)CCC2C(=O)NCc1ccccn1)c1ccc(Cl)cc1. The maximum Gasteiger partial charge on any atom is 0.257 e. The number of aromatic nitrogens is 2. The van der Waals surface area contributed by atoms with Gasteiger partial charge in [0.15, 0.2) is 5.13 Å². The Balaban J connectivity index is 1.41. The van der Waals surface area contributed by atoms with E-state index in [4.69, 9.17) is 11.6 Å². The second kappa shape index (κ2) is 8.08. The molecule has 2 heterocycles. The smallest absolute Gasteiger partial charge is 0.257 e. The van der Waals surface area contributed by atoms with Gasteiger partial charge in [-0.25, -0.2) is 4.98 Å². The zero-order chi connectivity index (χ0) is 19.5. The fourth-order valence-corrected chi connectivity index (χ4v) is 4.27. The van der Waals surface area contributed by atoms with Crippen molar-refractivity contribution in [2.45, 2.75) is 25.3 Å². The third-order valence-electron chi connectivity index (χ3n) is 4.53. The van der Waals surface area contributed by atoms with E-state index in [1.54, 1.807) is 30.5 Å². The second-order valence-corrected chi connectivity index (χ2v) is 7.94. The predicted octanol–water partition coefficient (Wildman–Crippen LogP) is 3.79. The summed E-state index contributed by atoms with van der Waals surface area (Å²) < 4.78 is 0. The van der Waals surface area contributed by atoms with Crippen LogP contribution in [0.2, 0.25) is 5.02 Å². The van der Waals surface area contributed by atoms with Crippen LogP contribution in [0.4, 0.5) is 5.13 Å². The molecule has 1 aliphatic rings. The summed E-state index contributed by atoms with van der Waals surface area (Å²) in [6.45, 7) is 0.385. The van der Waals surface area contributed by atoms with E-state index >= 15 is 0 Å². The molecule has 0 saturated carbocycles. The van der Waals surface area contributed by atoms with Crippen LogP contribution in [0.1, 0.15) is 39.0 Å². The summed E-state index contributed by atoms with van der Waals surface area (Å²) in [5, 5.41) is 6.81. The molecule has 1 unspecified atom stereocenters. The van der Waals surface area contributed by atoms with E-state index < -0.39 is 0 Å². The molecule has 3 aromatic rings. The van der Waals surface area contributed by atoms with Gasteiger partial charge in [-0.1, -0.05) is 17.7 Å². The van der Waals surface area contributed by atoms with Crippen molar-refractivity contribution in [2.75, 3.05) is 5.32 Å². The highest BCUT2D eigenvalue weighted by molar-refractivity contribution is 7.16. The van der Waals surface area contributed by atoms with Crippen LogP contribution in [0.5, 0.6) is 0 Å². The summed E-state index contributed by atoms with van der Waals surface area (Å²) in [6, 6.07) is 12.2. The molecule has 0 spiro atoms. The Bertz CT molecular complexity index is 1000. The van der Waals surface area contributed by atoms with Crippen molar-refractivity contribution in [3.8, 4) is 0 Å². The topological polar surface area (TPSA) is 84.0 Å². The zero-order valence-corrected chi connectivity index (χ0v) is 16.4. The minimum atomic E-state index is -0.295. The van der Waals surface area contributed by atoms with Crippen LogP contribution in [0.3, 0.4) is 0 Å². The number of aryl methyl sites for hydroxylation is 1. The molecule has 0 fully saturated rings. The summed E-state index contributed by atoms with van der Waals surface area (Å²) in [4.78, 5) is 34.7. The van der Waals surface area contributed by atoms with E-state index in [2.05, 4.69) is 20.6 Å². The van der Waals surface area contributed by atoms with Crippen molar-refractivity contribution in [3.05, 3.63) is 75.5 Å². The maximum atomic E-state index is 12.6. The molecule has 1 aliphatic carbocycles. The molecule has 2 N–H and O–H groups in total. The molecule has 0 aliphatic heterocycles. The van der Waals surface area contributed by atoms with Gasteiger partial charge in [-0.2, -0.15) is 0 Å². The first-order valence-corrected chi connectivity index (χ1v) is 10.0. The molecule has 1 atom stereocenters. The van der Waals surface area contributed by atoms with Gasteiger partial charge in [0, 0.05) is 21.7 Å². The van der Waals surface area contributed by atoms with Gasteiger partial charge < -0.3 is 5.32 Å². The molecule has 8 heteroatoms. The number of halogens is 1. The first-order chi connectivity index (χ1) is 13.6. The zero-order valence-electron chi connectivity index (χ0n) is 14.8. The molecule has 6 nitrogen and oxygen atoms in total. The van der Waals surface area contributed by atoms with Crippen molar-refractivity contribution < 1.29 is 9.59 Å². The third-order valence-corrected chi connectivity index (χ3v) is 5.83. The Morgan fingerprint density at radius 1 is 1.18 bits per heavy atom. The summed E-state index contributed by atoms with van der Waals surface area (Å²) in [6.07, 6.45) is 3.21. The standard InChI is InChI=1S/C20H17ClN4O2S/c21-13-6-4-12(5-7-13)18(26)25-20-24-17-15(8-9-16(17)28-20)19(27)23-11-14-3-1-2-10-22-14/h1-7,10,15H,8-9,11H2,(H,23,27)(H,24,25,26). The number of carbonyl (C=O) groups is 2. The summed E-state index contributed by atoms with van der Waals surface area (Å²) in [7, 11) is 0. The first kappa shape index (κ1) is 18.6. The molecule has 0 saturated heterocycles. The van der Waals surface area contributed by atoms with E-state index in [0.717, 1.165) is 29.1 Å². The third kappa shape index (κ3) is 4.05. The number of hydrogen-bond donors (Lipinski definition) is 2. The Labute approximate surface area is 171 Å². The molecule has 2 aromatic heterocycles. The lowest BCUT2D eigenvalue weighted by molar-refractivity contribution is -0.122. The van der Waals surface area contributed by atoms with E-state index in [-0.39, 0.29) is 17.7 Å². The fourth-order valence-electron chi connectivity index (χ4n) is 3.11. The average Bonchev–Trinajstić information content (AvgIpc) is 3.27. The van der Waals surface area contributed by atoms with Gasteiger partial charge in [-0.05, 0) is 49.2 Å². The van der Waals surface area contributed by atoms with Crippen molar-refractivity contribution in [3.63, 3.8) is 0 Å². The molecule has 1 aromatic carbocycles. The number of nitrogens with zero attached hydrogens (tertiary/aromatic N) is 2. The van der Waals surface area contributed by atoms with Crippen LogP contribution < -0.4 is 10.6 Å². The van der Waals surface area contributed by atoms with E-state index in [0.29, 0.717) is 22.3 Å². The fraction of sp³-hybridized carbons (Fsp3) is 0.200. The number of carbonyl (C=O) groups excluding carboxylic acids is 2. The Hall–Kier alpha value is -2.77.